The molecule has 0 spiro atoms. The maximum atomic E-state index is 11.8. The summed E-state index contributed by atoms with van der Waals surface area (Å²) >= 11 is 3.34. The molecule has 0 saturated carbocycles. The number of thiophene rings is 1. The number of carbonyl (C=O) groups excluding carboxylic acids is 1. The van der Waals surface area contributed by atoms with E-state index in [1.54, 1.807) is 22.7 Å². The van der Waals surface area contributed by atoms with Gasteiger partial charge >= 0.3 is 0 Å². The van der Waals surface area contributed by atoms with E-state index in [-0.39, 0.29) is 5.91 Å². The standard InChI is InChI=1S/C14H19N3OS2/c1-11-13(20-10-16-11)5-6-17(2)9-14(18)15-8-12-4-3-7-19-12/h3-4,7,10H,5-6,8-9H2,1-2H3,(H,15,18). The van der Waals surface area contributed by atoms with Gasteiger partial charge in [-0.2, -0.15) is 0 Å². The molecule has 0 bridgehead atoms. The van der Waals surface area contributed by atoms with Gasteiger partial charge in [0.1, 0.15) is 0 Å². The van der Waals surface area contributed by atoms with E-state index in [0.29, 0.717) is 13.1 Å². The van der Waals surface area contributed by atoms with E-state index in [1.807, 2.05) is 41.9 Å². The molecule has 6 heteroatoms. The first-order valence-corrected chi connectivity index (χ1v) is 8.27. The van der Waals surface area contributed by atoms with Crippen LogP contribution in [0.1, 0.15) is 15.4 Å². The summed E-state index contributed by atoms with van der Waals surface area (Å²) in [5.41, 5.74) is 2.98. The van der Waals surface area contributed by atoms with Crippen LogP contribution in [0.15, 0.2) is 23.0 Å². The zero-order valence-electron chi connectivity index (χ0n) is 11.8. The first kappa shape index (κ1) is 15.2. The van der Waals surface area contributed by atoms with Crippen LogP contribution in [0.5, 0.6) is 0 Å². The summed E-state index contributed by atoms with van der Waals surface area (Å²) < 4.78 is 0. The van der Waals surface area contributed by atoms with Crippen molar-refractivity contribution in [1.29, 1.82) is 0 Å². The van der Waals surface area contributed by atoms with Gasteiger partial charge in [0, 0.05) is 16.3 Å². The van der Waals surface area contributed by atoms with E-state index in [0.717, 1.165) is 18.7 Å². The highest BCUT2D eigenvalue weighted by molar-refractivity contribution is 7.10. The lowest BCUT2D eigenvalue weighted by Gasteiger charge is -2.15. The molecular formula is C14H19N3OS2. The molecule has 1 amide bonds. The van der Waals surface area contributed by atoms with Gasteiger partial charge in [-0.05, 0) is 31.8 Å². The van der Waals surface area contributed by atoms with E-state index >= 15 is 0 Å². The van der Waals surface area contributed by atoms with E-state index in [2.05, 4.69) is 10.3 Å². The van der Waals surface area contributed by atoms with Gasteiger partial charge in [-0.1, -0.05) is 6.07 Å². The fourth-order valence-electron chi connectivity index (χ4n) is 1.84. The number of likely N-dealkylation sites (N-methyl/N-ethyl adjacent to an activating group) is 1. The molecule has 0 aromatic carbocycles. The summed E-state index contributed by atoms with van der Waals surface area (Å²) in [5.74, 6) is 0.0712. The van der Waals surface area contributed by atoms with Crippen LogP contribution in [-0.2, 0) is 17.8 Å². The zero-order valence-corrected chi connectivity index (χ0v) is 13.4. The number of hydrogen-bond donors (Lipinski definition) is 1. The zero-order chi connectivity index (χ0) is 14.4. The quantitative estimate of drug-likeness (QED) is 0.853. The third-order valence-electron chi connectivity index (χ3n) is 3.02. The topological polar surface area (TPSA) is 45.2 Å². The van der Waals surface area contributed by atoms with Crippen molar-refractivity contribution in [2.24, 2.45) is 0 Å². The third kappa shape index (κ3) is 4.70. The minimum atomic E-state index is 0.0712. The van der Waals surface area contributed by atoms with E-state index in [9.17, 15) is 4.79 Å². The van der Waals surface area contributed by atoms with Gasteiger partial charge in [-0.25, -0.2) is 4.98 Å². The SMILES string of the molecule is Cc1ncsc1CCN(C)CC(=O)NCc1cccs1. The summed E-state index contributed by atoms with van der Waals surface area (Å²) in [7, 11) is 1.97. The molecule has 0 radical (unpaired) electrons. The lowest BCUT2D eigenvalue weighted by atomic mass is 10.3. The monoisotopic (exact) mass is 309 g/mol. The molecule has 0 fully saturated rings. The summed E-state index contributed by atoms with van der Waals surface area (Å²) in [4.78, 5) is 20.6. The van der Waals surface area contributed by atoms with Crippen LogP contribution in [0.25, 0.3) is 0 Å². The second-order valence-electron chi connectivity index (χ2n) is 4.70. The second-order valence-corrected chi connectivity index (χ2v) is 6.68. The van der Waals surface area contributed by atoms with Crippen LogP contribution in [0, 0.1) is 6.92 Å². The average Bonchev–Trinajstić information content (AvgIpc) is 3.05. The summed E-state index contributed by atoms with van der Waals surface area (Å²) in [6.45, 7) is 3.95. The number of hydrogen-bond acceptors (Lipinski definition) is 5. The van der Waals surface area contributed by atoms with Crippen molar-refractivity contribution >= 4 is 28.6 Å². The Morgan fingerprint density at radius 3 is 2.95 bits per heavy atom. The van der Waals surface area contributed by atoms with Crippen molar-refractivity contribution in [2.75, 3.05) is 20.1 Å². The van der Waals surface area contributed by atoms with Crippen molar-refractivity contribution < 1.29 is 4.79 Å². The van der Waals surface area contributed by atoms with Crippen molar-refractivity contribution in [3.05, 3.63) is 38.5 Å². The summed E-state index contributed by atoms with van der Waals surface area (Å²) in [5, 5.41) is 4.96. The van der Waals surface area contributed by atoms with Gasteiger partial charge in [-0.15, -0.1) is 22.7 Å². The molecule has 4 nitrogen and oxygen atoms in total. The van der Waals surface area contributed by atoms with Crippen molar-refractivity contribution in [1.82, 2.24) is 15.2 Å². The van der Waals surface area contributed by atoms with Crippen LogP contribution < -0.4 is 5.32 Å². The van der Waals surface area contributed by atoms with Gasteiger partial charge in [0.25, 0.3) is 0 Å². The maximum absolute atomic E-state index is 11.8. The van der Waals surface area contributed by atoms with Crippen molar-refractivity contribution in [2.45, 2.75) is 19.9 Å². The Labute approximate surface area is 127 Å². The number of amides is 1. The summed E-state index contributed by atoms with van der Waals surface area (Å²) in [6, 6.07) is 4.02. The highest BCUT2D eigenvalue weighted by Gasteiger charge is 2.08. The van der Waals surface area contributed by atoms with Gasteiger partial charge in [0.2, 0.25) is 5.91 Å². The molecule has 0 aliphatic heterocycles. The number of aryl methyl sites for hydroxylation is 1. The fourth-order valence-corrected chi connectivity index (χ4v) is 3.25. The van der Waals surface area contributed by atoms with Crippen LogP contribution in [0.3, 0.4) is 0 Å². The minimum absolute atomic E-state index is 0.0712. The first-order valence-electron chi connectivity index (χ1n) is 6.51. The van der Waals surface area contributed by atoms with Crippen molar-refractivity contribution in [3.8, 4) is 0 Å². The molecule has 20 heavy (non-hydrogen) atoms. The Bertz CT molecular complexity index is 536. The molecule has 0 aliphatic rings. The van der Waals surface area contributed by atoms with Crippen LogP contribution in [0.4, 0.5) is 0 Å². The molecule has 0 saturated heterocycles. The lowest BCUT2D eigenvalue weighted by molar-refractivity contribution is -0.122. The molecule has 2 rings (SSSR count). The average molecular weight is 309 g/mol. The van der Waals surface area contributed by atoms with Gasteiger partial charge < -0.3 is 5.32 Å². The molecule has 1 N–H and O–H groups in total. The van der Waals surface area contributed by atoms with E-state index in [1.165, 1.54) is 9.75 Å². The number of carbonyl (C=O) groups is 1. The number of rotatable bonds is 7. The molecular weight excluding hydrogens is 290 g/mol. The third-order valence-corrected chi connectivity index (χ3v) is 4.89. The predicted molar refractivity (Wildman–Crippen MR) is 84.2 cm³/mol. The molecule has 2 heterocycles. The number of aromatic nitrogens is 1. The van der Waals surface area contributed by atoms with Crippen LogP contribution in [-0.4, -0.2) is 35.9 Å². The fraction of sp³-hybridized carbons (Fsp3) is 0.429. The minimum Gasteiger partial charge on any atom is -0.350 e. The molecule has 2 aromatic heterocycles. The molecule has 2 aromatic rings. The Kier molecular flexibility index (Phi) is 5.70. The lowest BCUT2D eigenvalue weighted by Crippen LogP contribution is -2.35. The van der Waals surface area contributed by atoms with Crippen LogP contribution >= 0.6 is 22.7 Å². The molecule has 0 aliphatic carbocycles. The van der Waals surface area contributed by atoms with E-state index < -0.39 is 0 Å². The number of nitrogens with one attached hydrogen (secondary N) is 1. The Hall–Kier alpha value is -1.24. The first-order chi connectivity index (χ1) is 9.65. The molecule has 0 unspecified atom stereocenters. The Morgan fingerprint density at radius 1 is 1.45 bits per heavy atom. The van der Waals surface area contributed by atoms with Crippen LogP contribution in [0.2, 0.25) is 0 Å². The number of thiazole rings is 1. The van der Waals surface area contributed by atoms with Gasteiger partial charge in [-0.3, -0.25) is 9.69 Å². The molecule has 0 atom stereocenters. The Morgan fingerprint density at radius 2 is 2.30 bits per heavy atom. The highest BCUT2D eigenvalue weighted by atomic mass is 32.1. The molecule has 108 valence electrons. The summed E-state index contributed by atoms with van der Waals surface area (Å²) in [6.07, 6.45) is 0.950. The van der Waals surface area contributed by atoms with Gasteiger partial charge in [0.05, 0.1) is 24.3 Å². The highest BCUT2D eigenvalue weighted by Crippen LogP contribution is 2.12. The largest absolute Gasteiger partial charge is 0.350 e. The maximum Gasteiger partial charge on any atom is 0.234 e. The Balaban J connectivity index is 1.67. The normalized spacial score (nSPS) is 10.9. The predicted octanol–water partition coefficient (Wildman–Crippen LogP) is 2.30. The second kappa shape index (κ2) is 7.52. The smallest absolute Gasteiger partial charge is 0.234 e. The number of nitrogens with zero attached hydrogens (tertiary/aromatic N) is 2. The van der Waals surface area contributed by atoms with Crippen molar-refractivity contribution in [3.63, 3.8) is 0 Å². The van der Waals surface area contributed by atoms with Gasteiger partial charge in [0.15, 0.2) is 0 Å². The van der Waals surface area contributed by atoms with E-state index in [4.69, 9.17) is 0 Å².